The molecule has 24 heavy (non-hydrogen) atoms. The summed E-state index contributed by atoms with van der Waals surface area (Å²) in [5, 5.41) is 3.12. The van der Waals surface area contributed by atoms with Gasteiger partial charge >= 0.3 is 0 Å². The van der Waals surface area contributed by atoms with E-state index >= 15 is 0 Å². The molecule has 0 amide bonds. The fourth-order valence-electron chi connectivity index (χ4n) is 2.27. The zero-order valence-corrected chi connectivity index (χ0v) is 16.3. The molecule has 0 fully saturated rings. The molecular weight excluding hydrogens is 417 g/mol. The summed E-state index contributed by atoms with van der Waals surface area (Å²) in [7, 11) is 3.34. The molecule has 0 bridgehead atoms. The zero-order chi connectivity index (χ0) is 16.5. The summed E-state index contributed by atoms with van der Waals surface area (Å²) in [5.74, 6) is 0.353. The van der Waals surface area contributed by atoms with Crippen LogP contribution < -0.4 is 11.1 Å². The van der Waals surface area contributed by atoms with Crippen LogP contribution in [0.4, 0.5) is 5.69 Å². The van der Waals surface area contributed by atoms with Crippen molar-refractivity contribution >= 4 is 35.6 Å². The fraction of sp³-hybridized carbons (Fsp3) is 0.278. The van der Waals surface area contributed by atoms with Gasteiger partial charge in [-0.25, -0.2) is 0 Å². The second kappa shape index (κ2) is 11.0. The molecule has 2 aromatic rings. The Hall–Kier alpha value is -1.64. The van der Waals surface area contributed by atoms with E-state index in [2.05, 4.69) is 10.3 Å². The smallest absolute Gasteiger partial charge is 0.193 e. The van der Waals surface area contributed by atoms with Gasteiger partial charge in [0.25, 0.3) is 0 Å². The van der Waals surface area contributed by atoms with Crippen LogP contribution in [0.1, 0.15) is 17.2 Å². The van der Waals surface area contributed by atoms with E-state index in [0.29, 0.717) is 19.1 Å². The Balaban J connectivity index is 0.00000288. The van der Waals surface area contributed by atoms with Gasteiger partial charge in [0.05, 0.1) is 13.2 Å². The number of methoxy groups -OCH3 is 2. The number of aliphatic imine (C=N–C) groups is 1. The highest BCUT2D eigenvalue weighted by molar-refractivity contribution is 14.0. The maximum Gasteiger partial charge on any atom is 0.193 e. The van der Waals surface area contributed by atoms with Crippen molar-refractivity contribution in [3.05, 3.63) is 65.7 Å². The van der Waals surface area contributed by atoms with Gasteiger partial charge in [0.2, 0.25) is 0 Å². The number of benzene rings is 2. The van der Waals surface area contributed by atoms with Gasteiger partial charge in [0.1, 0.15) is 6.10 Å². The molecule has 0 radical (unpaired) electrons. The molecule has 0 aliphatic rings. The summed E-state index contributed by atoms with van der Waals surface area (Å²) in [4.78, 5) is 4.39. The third-order valence-electron chi connectivity index (χ3n) is 3.46. The van der Waals surface area contributed by atoms with E-state index < -0.39 is 0 Å². The molecule has 0 saturated carbocycles. The van der Waals surface area contributed by atoms with Gasteiger partial charge in [0, 0.05) is 25.5 Å². The molecule has 0 aliphatic heterocycles. The molecule has 0 saturated heterocycles. The van der Waals surface area contributed by atoms with E-state index in [-0.39, 0.29) is 30.1 Å². The Morgan fingerprint density at radius 3 is 2.42 bits per heavy atom. The minimum Gasteiger partial charge on any atom is -0.380 e. The number of para-hydroxylation sites is 1. The number of nitrogens with zero attached hydrogens (tertiary/aromatic N) is 1. The topological polar surface area (TPSA) is 68.9 Å². The summed E-state index contributed by atoms with van der Waals surface area (Å²) in [5.41, 5.74) is 8.99. The van der Waals surface area contributed by atoms with Crippen LogP contribution in [0, 0.1) is 0 Å². The number of guanidine groups is 1. The van der Waals surface area contributed by atoms with Crippen molar-refractivity contribution < 1.29 is 9.47 Å². The lowest BCUT2D eigenvalue weighted by molar-refractivity contribution is 0.111. The van der Waals surface area contributed by atoms with Crippen molar-refractivity contribution in [1.82, 2.24) is 0 Å². The quantitative estimate of drug-likeness (QED) is 0.392. The average molecular weight is 441 g/mol. The first-order valence-electron chi connectivity index (χ1n) is 7.46. The van der Waals surface area contributed by atoms with Gasteiger partial charge in [-0.3, -0.25) is 4.99 Å². The molecule has 2 aromatic carbocycles. The standard InChI is InChI=1S/C18H23N3O2.HI/c1-22-13-15-10-6-7-11-16(15)21-18(19)20-12-17(23-2)14-8-4-3-5-9-14;/h3-11,17H,12-13H2,1-2H3,(H3,19,20,21);1H. The van der Waals surface area contributed by atoms with Crippen LogP contribution in [0.2, 0.25) is 0 Å². The summed E-state index contributed by atoms with van der Waals surface area (Å²) in [6, 6.07) is 17.8. The van der Waals surface area contributed by atoms with Crippen LogP contribution in [-0.4, -0.2) is 26.7 Å². The first-order valence-corrected chi connectivity index (χ1v) is 7.46. The number of anilines is 1. The van der Waals surface area contributed by atoms with Gasteiger partial charge in [-0.1, -0.05) is 48.5 Å². The van der Waals surface area contributed by atoms with E-state index in [4.69, 9.17) is 15.2 Å². The molecule has 3 N–H and O–H groups in total. The lowest BCUT2D eigenvalue weighted by atomic mass is 10.1. The first-order chi connectivity index (χ1) is 11.2. The maximum absolute atomic E-state index is 5.99. The number of hydrogen-bond acceptors (Lipinski definition) is 3. The molecule has 130 valence electrons. The van der Waals surface area contributed by atoms with Crippen LogP contribution in [0.25, 0.3) is 0 Å². The normalized spacial score (nSPS) is 12.3. The minimum atomic E-state index is -0.120. The van der Waals surface area contributed by atoms with E-state index in [0.717, 1.165) is 16.8 Å². The van der Waals surface area contributed by atoms with Crippen LogP contribution in [-0.2, 0) is 16.1 Å². The van der Waals surface area contributed by atoms with Crippen molar-refractivity contribution in [2.24, 2.45) is 10.7 Å². The molecule has 6 heteroatoms. The SMILES string of the molecule is COCc1ccccc1NC(N)=NCC(OC)c1ccccc1.I. The second-order valence-electron chi connectivity index (χ2n) is 5.08. The second-order valence-corrected chi connectivity index (χ2v) is 5.08. The zero-order valence-electron chi connectivity index (χ0n) is 13.9. The van der Waals surface area contributed by atoms with Crippen molar-refractivity contribution in [3.63, 3.8) is 0 Å². The Bertz CT molecular complexity index is 635. The van der Waals surface area contributed by atoms with Crippen molar-refractivity contribution in [1.29, 1.82) is 0 Å². The van der Waals surface area contributed by atoms with Crippen molar-refractivity contribution in [3.8, 4) is 0 Å². The van der Waals surface area contributed by atoms with Crippen LogP contribution >= 0.6 is 24.0 Å². The lowest BCUT2D eigenvalue weighted by Gasteiger charge is -2.15. The van der Waals surface area contributed by atoms with Gasteiger partial charge in [-0.05, 0) is 11.6 Å². The largest absolute Gasteiger partial charge is 0.380 e. The lowest BCUT2D eigenvalue weighted by Crippen LogP contribution is -2.24. The molecule has 0 heterocycles. The Labute approximate surface area is 160 Å². The van der Waals surface area contributed by atoms with E-state index in [1.807, 2.05) is 54.6 Å². The molecule has 0 spiro atoms. The molecule has 1 atom stereocenters. The highest BCUT2D eigenvalue weighted by Gasteiger charge is 2.09. The van der Waals surface area contributed by atoms with Crippen molar-refractivity contribution in [2.45, 2.75) is 12.7 Å². The highest BCUT2D eigenvalue weighted by Crippen LogP contribution is 2.17. The predicted molar refractivity (Wildman–Crippen MR) is 109 cm³/mol. The number of nitrogens with two attached hydrogens (primary N) is 1. The van der Waals surface area contributed by atoms with Crippen LogP contribution in [0.3, 0.4) is 0 Å². The molecule has 5 nitrogen and oxygen atoms in total. The summed E-state index contributed by atoms with van der Waals surface area (Å²) in [6.45, 7) is 0.965. The first kappa shape index (κ1) is 20.4. The highest BCUT2D eigenvalue weighted by atomic mass is 127. The fourth-order valence-corrected chi connectivity index (χ4v) is 2.27. The summed E-state index contributed by atoms with van der Waals surface area (Å²) in [6.07, 6.45) is -0.120. The molecule has 2 rings (SSSR count). The van der Waals surface area contributed by atoms with Crippen LogP contribution in [0.5, 0.6) is 0 Å². The number of halogens is 1. The van der Waals surface area contributed by atoms with Gasteiger partial charge in [0.15, 0.2) is 5.96 Å². The average Bonchev–Trinajstić information content (AvgIpc) is 2.58. The Morgan fingerprint density at radius 1 is 1.08 bits per heavy atom. The van der Waals surface area contributed by atoms with E-state index in [1.165, 1.54) is 0 Å². The maximum atomic E-state index is 5.99. The molecular formula is C18H24IN3O2. The van der Waals surface area contributed by atoms with Gasteiger partial charge in [-0.15, -0.1) is 24.0 Å². The molecule has 0 aromatic heterocycles. The van der Waals surface area contributed by atoms with E-state index in [1.54, 1.807) is 14.2 Å². The third-order valence-corrected chi connectivity index (χ3v) is 3.46. The molecule has 0 aliphatic carbocycles. The summed E-state index contributed by atoms with van der Waals surface area (Å²) < 4.78 is 10.7. The van der Waals surface area contributed by atoms with E-state index in [9.17, 15) is 0 Å². The van der Waals surface area contributed by atoms with Gasteiger partial charge < -0.3 is 20.5 Å². The number of ether oxygens (including phenoxy) is 2. The van der Waals surface area contributed by atoms with Crippen molar-refractivity contribution in [2.75, 3.05) is 26.1 Å². The molecule has 1 unspecified atom stereocenters. The Morgan fingerprint density at radius 2 is 1.75 bits per heavy atom. The number of hydrogen-bond donors (Lipinski definition) is 2. The number of rotatable bonds is 7. The van der Waals surface area contributed by atoms with Crippen LogP contribution in [0.15, 0.2) is 59.6 Å². The predicted octanol–water partition coefficient (Wildman–Crippen LogP) is 3.57. The summed E-state index contributed by atoms with van der Waals surface area (Å²) >= 11 is 0. The minimum absolute atomic E-state index is 0. The van der Waals surface area contributed by atoms with Gasteiger partial charge in [-0.2, -0.15) is 0 Å². The monoisotopic (exact) mass is 441 g/mol. The Kier molecular flexibility index (Phi) is 9.36. The third kappa shape index (κ3) is 6.10. The number of nitrogens with one attached hydrogen (secondary N) is 1.